The summed E-state index contributed by atoms with van der Waals surface area (Å²) in [5, 5.41) is 5.90. The molecule has 0 unspecified atom stereocenters. The third kappa shape index (κ3) is 5.51. The van der Waals surface area contributed by atoms with Gasteiger partial charge >= 0.3 is 0 Å². The van der Waals surface area contributed by atoms with Crippen molar-refractivity contribution < 1.29 is 19.1 Å². The van der Waals surface area contributed by atoms with E-state index in [1.807, 2.05) is 35.7 Å². The van der Waals surface area contributed by atoms with Crippen LogP contribution in [0.5, 0.6) is 11.5 Å². The molecule has 0 bridgehead atoms. The molecule has 1 saturated heterocycles. The van der Waals surface area contributed by atoms with Crippen molar-refractivity contribution in [3.63, 3.8) is 0 Å². The van der Waals surface area contributed by atoms with Gasteiger partial charge in [-0.2, -0.15) is 0 Å². The summed E-state index contributed by atoms with van der Waals surface area (Å²) in [5.41, 5.74) is 2.51. The second-order valence-electron chi connectivity index (χ2n) is 7.88. The Hall–Kier alpha value is -3.39. The van der Waals surface area contributed by atoms with Gasteiger partial charge in [0.1, 0.15) is 16.5 Å². The third-order valence-corrected chi connectivity index (χ3v) is 6.64. The maximum Gasteiger partial charge on any atom is 0.254 e. The largest absolute Gasteiger partial charge is 0.497 e. The van der Waals surface area contributed by atoms with Gasteiger partial charge in [-0.15, -0.1) is 11.3 Å². The number of nitrogens with zero attached hydrogens (tertiary/aromatic N) is 2. The minimum atomic E-state index is -0.109. The molecule has 0 saturated carbocycles. The van der Waals surface area contributed by atoms with Crippen LogP contribution in [0.15, 0.2) is 53.9 Å². The van der Waals surface area contributed by atoms with E-state index >= 15 is 0 Å². The summed E-state index contributed by atoms with van der Waals surface area (Å²) in [7, 11) is 3.11. The SMILES string of the molecule is COc1cc(OC)cc(C(=O)N2CCC(C(=O)NCc3nc(-c4ccccc4)cs3)CC2)c1. The Kier molecular flexibility index (Phi) is 7.24. The van der Waals surface area contributed by atoms with Crippen molar-refractivity contribution in [2.75, 3.05) is 27.3 Å². The molecule has 1 fully saturated rings. The third-order valence-electron chi connectivity index (χ3n) is 5.79. The number of hydrogen-bond acceptors (Lipinski definition) is 6. The predicted molar refractivity (Wildman–Crippen MR) is 128 cm³/mol. The Morgan fingerprint density at radius 2 is 1.73 bits per heavy atom. The summed E-state index contributed by atoms with van der Waals surface area (Å²) >= 11 is 1.54. The molecule has 8 heteroatoms. The number of nitrogens with one attached hydrogen (secondary N) is 1. The van der Waals surface area contributed by atoms with Crippen molar-refractivity contribution in [3.05, 3.63) is 64.5 Å². The Bertz CT molecular complexity index is 1090. The van der Waals surface area contributed by atoms with Crippen LogP contribution in [0.3, 0.4) is 0 Å². The Morgan fingerprint density at radius 3 is 2.36 bits per heavy atom. The molecular formula is C25H27N3O4S. The number of ether oxygens (including phenoxy) is 2. The number of likely N-dealkylation sites (tertiary alicyclic amines) is 1. The van der Waals surface area contributed by atoms with E-state index in [4.69, 9.17) is 9.47 Å². The average molecular weight is 466 g/mol. The van der Waals surface area contributed by atoms with Crippen LogP contribution in [0.2, 0.25) is 0 Å². The smallest absolute Gasteiger partial charge is 0.254 e. The first-order valence-corrected chi connectivity index (χ1v) is 11.7. The van der Waals surface area contributed by atoms with Gasteiger partial charge in [-0.3, -0.25) is 9.59 Å². The van der Waals surface area contributed by atoms with Crippen LogP contribution >= 0.6 is 11.3 Å². The van der Waals surface area contributed by atoms with E-state index in [-0.39, 0.29) is 17.7 Å². The number of amides is 2. The molecule has 172 valence electrons. The van der Waals surface area contributed by atoms with Gasteiger partial charge in [0.05, 0.1) is 26.5 Å². The lowest BCUT2D eigenvalue weighted by molar-refractivity contribution is -0.126. The van der Waals surface area contributed by atoms with Crippen molar-refractivity contribution in [3.8, 4) is 22.8 Å². The zero-order valence-electron chi connectivity index (χ0n) is 18.7. The fourth-order valence-corrected chi connectivity index (χ4v) is 4.64. The van der Waals surface area contributed by atoms with Gasteiger partial charge in [0.2, 0.25) is 5.91 Å². The molecule has 0 aliphatic carbocycles. The fourth-order valence-electron chi connectivity index (χ4n) is 3.90. The van der Waals surface area contributed by atoms with Crippen LogP contribution in [0.25, 0.3) is 11.3 Å². The Labute approximate surface area is 197 Å². The van der Waals surface area contributed by atoms with E-state index in [9.17, 15) is 9.59 Å². The van der Waals surface area contributed by atoms with Crippen LogP contribution in [0, 0.1) is 5.92 Å². The van der Waals surface area contributed by atoms with Gasteiger partial charge in [-0.25, -0.2) is 4.98 Å². The Balaban J connectivity index is 1.29. The molecule has 1 aromatic heterocycles. The van der Waals surface area contributed by atoms with Crippen molar-refractivity contribution in [1.29, 1.82) is 0 Å². The molecule has 3 aromatic rings. The van der Waals surface area contributed by atoms with Crippen LogP contribution in [-0.4, -0.2) is 49.0 Å². The maximum absolute atomic E-state index is 12.9. The number of methoxy groups -OCH3 is 2. The van der Waals surface area contributed by atoms with Gasteiger partial charge in [-0.05, 0) is 25.0 Å². The highest BCUT2D eigenvalue weighted by Gasteiger charge is 2.28. The summed E-state index contributed by atoms with van der Waals surface area (Å²) < 4.78 is 10.5. The van der Waals surface area contributed by atoms with E-state index in [0.717, 1.165) is 16.3 Å². The summed E-state index contributed by atoms with van der Waals surface area (Å²) in [6.45, 7) is 1.48. The van der Waals surface area contributed by atoms with Crippen molar-refractivity contribution in [2.24, 2.45) is 5.92 Å². The minimum absolute atomic E-state index is 0.0154. The van der Waals surface area contributed by atoms with Crippen molar-refractivity contribution >= 4 is 23.2 Å². The monoisotopic (exact) mass is 465 g/mol. The topological polar surface area (TPSA) is 80.8 Å². The molecule has 1 aliphatic heterocycles. The first kappa shape index (κ1) is 22.8. The zero-order chi connectivity index (χ0) is 23.2. The van der Waals surface area contributed by atoms with Gasteiger partial charge < -0.3 is 19.7 Å². The highest BCUT2D eigenvalue weighted by Crippen LogP contribution is 2.26. The molecule has 2 aromatic carbocycles. The standard InChI is InChI=1S/C25H27N3O4S/c1-31-20-12-19(13-21(14-20)32-2)25(30)28-10-8-18(9-11-28)24(29)26-15-23-27-22(16-33-23)17-6-4-3-5-7-17/h3-7,12-14,16,18H,8-11,15H2,1-2H3,(H,26,29). The number of hydrogen-bond donors (Lipinski definition) is 1. The summed E-state index contributed by atoms with van der Waals surface area (Å²) in [6.07, 6.45) is 1.26. The average Bonchev–Trinajstić information content (AvgIpc) is 3.36. The number of piperidine rings is 1. The number of rotatable bonds is 7. The molecule has 2 heterocycles. The number of carbonyl (C=O) groups excluding carboxylic acids is 2. The number of thiazole rings is 1. The molecule has 33 heavy (non-hydrogen) atoms. The van der Waals surface area contributed by atoms with Crippen molar-refractivity contribution in [2.45, 2.75) is 19.4 Å². The lowest BCUT2D eigenvalue weighted by atomic mass is 9.95. The van der Waals surface area contributed by atoms with Crippen LogP contribution in [0.1, 0.15) is 28.2 Å². The number of carbonyl (C=O) groups is 2. The quantitative estimate of drug-likeness (QED) is 0.571. The van der Waals surface area contributed by atoms with Crippen LogP contribution in [-0.2, 0) is 11.3 Å². The number of benzene rings is 2. The Morgan fingerprint density at radius 1 is 1.06 bits per heavy atom. The van der Waals surface area contributed by atoms with E-state index in [0.29, 0.717) is 49.5 Å². The molecule has 1 N–H and O–H groups in total. The fraction of sp³-hybridized carbons (Fsp3) is 0.320. The number of aromatic nitrogens is 1. The maximum atomic E-state index is 12.9. The first-order valence-electron chi connectivity index (χ1n) is 10.9. The second-order valence-corrected chi connectivity index (χ2v) is 8.82. The van der Waals surface area contributed by atoms with Gasteiger partial charge in [0, 0.05) is 41.6 Å². The van der Waals surface area contributed by atoms with Gasteiger partial charge in [-0.1, -0.05) is 30.3 Å². The zero-order valence-corrected chi connectivity index (χ0v) is 19.6. The highest BCUT2D eigenvalue weighted by molar-refractivity contribution is 7.09. The molecule has 0 spiro atoms. The molecule has 0 atom stereocenters. The van der Waals surface area contributed by atoms with Crippen LogP contribution in [0.4, 0.5) is 0 Å². The first-order chi connectivity index (χ1) is 16.1. The molecule has 7 nitrogen and oxygen atoms in total. The predicted octanol–water partition coefficient (Wildman–Crippen LogP) is 4.00. The van der Waals surface area contributed by atoms with Gasteiger partial charge in [0.15, 0.2) is 0 Å². The second kappa shape index (κ2) is 10.5. The normalized spacial score (nSPS) is 14.1. The van der Waals surface area contributed by atoms with Crippen molar-refractivity contribution in [1.82, 2.24) is 15.2 Å². The molecule has 0 radical (unpaired) electrons. The van der Waals surface area contributed by atoms with E-state index < -0.39 is 0 Å². The summed E-state index contributed by atoms with van der Waals surface area (Å²) in [4.78, 5) is 32.0. The molecule has 2 amide bonds. The molecule has 1 aliphatic rings. The lowest BCUT2D eigenvalue weighted by Gasteiger charge is -2.31. The van der Waals surface area contributed by atoms with Crippen LogP contribution < -0.4 is 14.8 Å². The van der Waals surface area contributed by atoms with E-state index in [1.165, 1.54) is 0 Å². The molecular weight excluding hydrogens is 438 g/mol. The lowest BCUT2D eigenvalue weighted by Crippen LogP contribution is -2.42. The van der Waals surface area contributed by atoms with E-state index in [1.54, 1.807) is 48.7 Å². The highest BCUT2D eigenvalue weighted by atomic mass is 32.1. The minimum Gasteiger partial charge on any atom is -0.497 e. The summed E-state index contributed by atoms with van der Waals surface area (Å²) in [5.74, 6) is 0.973. The van der Waals surface area contributed by atoms with Gasteiger partial charge in [0.25, 0.3) is 5.91 Å². The van der Waals surface area contributed by atoms with E-state index in [2.05, 4.69) is 10.3 Å². The molecule has 4 rings (SSSR count). The summed E-state index contributed by atoms with van der Waals surface area (Å²) in [6, 6.07) is 15.1.